The van der Waals surface area contributed by atoms with Gasteiger partial charge in [0.25, 0.3) is 0 Å². The van der Waals surface area contributed by atoms with Gasteiger partial charge in [-0.3, -0.25) is 0 Å². The van der Waals surface area contributed by atoms with Crippen LogP contribution in [0.4, 0.5) is 0 Å². The lowest BCUT2D eigenvalue weighted by atomic mass is 10.0. The molecule has 0 heterocycles. The van der Waals surface area contributed by atoms with E-state index in [0.29, 0.717) is 34.1 Å². The molecule has 0 spiro atoms. The topological polar surface area (TPSA) is 56.8 Å². The van der Waals surface area contributed by atoms with Crippen LogP contribution >= 0.6 is 27.5 Å². The quantitative estimate of drug-likeness (QED) is 0.325. The Labute approximate surface area is 177 Å². The van der Waals surface area contributed by atoms with Crippen molar-refractivity contribution < 1.29 is 4.74 Å². The van der Waals surface area contributed by atoms with Crippen LogP contribution in [0.15, 0.2) is 71.2 Å². The van der Waals surface area contributed by atoms with Crippen molar-refractivity contribution in [2.45, 2.75) is 6.61 Å². The van der Waals surface area contributed by atoms with Gasteiger partial charge in [-0.15, -0.1) is 0 Å². The highest BCUT2D eigenvalue weighted by Gasteiger charge is 2.08. The highest BCUT2D eigenvalue weighted by atomic mass is 79.9. The Kier molecular flexibility index (Phi) is 6.50. The van der Waals surface area contributed by atoms with E-state index in [0.717, 1.165) is 15.6 Å². The van der Waals surface area contributed by atoms with Gasteiger partial charge in [0.05, 0.1) is 27.7 Å². The molecular weight excluding hydrogens is 436 g/mol. The summed E-state index contributed by atoms with van der Waals surface area (Å²) >= 11 is 9.71. The summed E-state index contributed by atoms with van der Waals surface area (Å²) < 4.78 is 6.61. The third-order valence-corrected chi connectivity index (χ3v) is 5.02. The average molecular weight is 450 g/mol. The Hall–Kier alpha value is -3.05. The predicted molar refractivity (Wildman–Crippen MR) is 115 cm³/mol. The molecule has 0 aromatic heterocycles. The van der Waals surface area contributed by atoms with Crippen molar-refractivity contribution in [3.8, 4) is 17.9 Å². The number of halogens is 2. The number of nitrogens with zero attached hydrogens (tertiary/aromatic N) is 2. The van der Waals surface area contributed by atoms with E-state index in [1.165, 1.54) is 0 Å². The number of hydrogen-bond donors (Lipinski definition) is 0. The highest BCUT2D eigenvalue weighted by molar-refractivity contribution is 9.10. The van der Waals surface area contributed by atoms with Crippen LogP contribution in [0.1, 0.15) is 22.3 Å². The predicted octanol–water partition coefficient (Wildman–Crippen LogP) is 6.62. The van der Waals surface area contributed by atoms with Crippen molar-refractivity contribution in [3.63, 3.8) is 0 Å². The first kappa shape index (κ1) is 19.7. The van der Waals surface area contributed by atoms with Crippen molar-refractivity contribution >= 4 is 39.2 Å². The lowest BCUT2D eigenvalue weighted by Crippen LogP contribution is -1.98. The molecule has 3 aromatic rings. The van der Waals surface area contributed by atoms with E-state index in [4.69, 9.17) is 16.3 Å². The Morgan fingerprint density at radius 2 is 1.79 bits per heavy atom. The van der Waals surface area contributed by atoms with Crippen LogP contribution in [0.3, 0.4) is 0 Å². The van der Waals surface area contributed by atoms with Crippen molar-refractivity contribution in [2.75, 3.05) is 0 Å². The second-order valence-electron chi connectivity index (χ2n) is 5.90. The molecule has 0 radical (unpaired) electrons. The van der Waals surface area contributed by atoms with E-state index in [9.17, 15) is 10.5 Å². The van der Waals surface area contributed by atoms with Crippen LogP contribution in [0, 0.1) is 22.7 Å². The van der Waals surface area contributed by atoms with E-state index >= 15 is 0 Å². The minimum atomic E-state index is 0.292. The Morgan fingerprint density at radius 1 is 1.04 bits per heavy atom. The average Bonchev–Trinajstić information content (AvgIpc) is 2.72. The van der Waals surface area contributed by atoms with Gasteiger partial charge in [-0.2, -0.15) is 10.5 Å². The van der Waals surface area contributed by atoms with Gasteiger partial charge in [-0.05, 0) is 51.8 Å². The Morgan fingerprint density at radius 3 is 2.50 bits per heavy atom. The maximum absolute atomic E-state index is 9.51. The maximum Gasteiger partial charge on any atom is 0.134 e. The van der Waals surface area contributed by atoms with Crippen molar-refractivity contribution in [1.29, 1.82) is 10.5 Å². The molecule has 28 heavy (non-hydrogen) atoms. The molecule has 3 aromatic carbocycles. The monoisotopic (exact) mass is 448 g/mol. The van der Waals surface area contributed by atoms with E-state index in [1.54, 1.807) is 18.2 Å². The SMILES string of the molecule is N#CC(=Cc1ccc(OCc2ccccc2C#N)c(Br)c1)c1ccccc1Cl. The van der Waals surface area contributed by atoms with Gasteiger partial charge in [0.1, 0.15) is 12.4 Å². The van der Waals surface area contributed by atoms with Crippen molar-refractivity contribution in [2.24, 2.45) is 0 Å². The lowest BCUT2D eigenvalue weighted by Gasteiger charge is -2.10. The molecular formula is C23H14BrClN2O. The normalized spacial score (nSPS) is 10.8. The smallest absolute Gasteiger partial charge is 0.134 e. The summed E-state index contributed by atoms with van der Waals surface area (Å²) in [6.07, 6.45) is 1.78. The lowest BCUT2D eigenvalue weighted by molar-refractivity contribution is 0.304. The first-order valence-electron chi connectivity index (χ1n) is 8.39. The largest absolute Gasteiger partial charge is 0.488 e. The zero-order chi connectivity index (χ0) is 19.9. The Bertz CT molecular complexity index is 1130. The molecule has 0 saturated carbocycles. The van der Waals surface area contributed by atoms with Crippen LogP contribution in [0.2, 0.25) is 5.02 Å². The number of ether oxygens (including phenoxy) is 1. The summed E-state index contributed by atoms with van der Waals surface area (Å²) in [5.74, 6) is 0.654. The molecule has 5 heteroatoms. The van der Waals surface area contributed by atoms with E-state index in [-0.39, 0.29) is 0 Å². The number of rotatable bonds is 5. The molecule has 0 atom stereocenters. The van der Waals surface area contributed by atoms with Crippen LogP contribution in [-0.4, -0.2) is 0 Å². The molecule has 0 N–H and O–H groups in total. The fourth-order valence-electron chi connectivity index (χ4n) is 2.65. The summed E-state index contributed by atoms with van der Waals surface area (Å²) in [7, 11) is 0. The van der Waals surface area contributed by atoms with Gasteiger partial charge in [-0.25, -0.2) is 0 Å². The molecule has 0 unspecified atom stereocenters. The minimum absolute atomic E-state index is 0.292. The molecule has 3 nitrogen and oxygen atoms in total. The zero-order valence-electron chi connectivity index (χ0n) is 14.7. The molecule has 0 aliphatic carbocycles. The molecule has 0 amide bonds. The number of nitriles is 2. The summed E-state index contributed by atoms with van der Waals surface area (Å²) in [5.41, 5.74) is 3.43. The molecule has 0 fully saturated rings. The first-order chi connectivity index (χ1) is 13.6. The second kappa shape index (κ2) is 9.24. The van der Waals surface area contributed by atoms with Gasteiger partial charge in [0.2, 0.25) is 0 Å². The third kappa shape index (κ3) is 4.61. The second-order valence-corrected chi connectivity index (χ2v) is 7.16. The molecule has 0 saturated heterocycles. The third-order valence-electron chi connectivity index (χ3n) is 4.07. The van der Waals surface area contributed by atoms with E-state index in [2.05, 4.69) is 28.1 Å². The van der Waals surface area contributed by atoms with E-state index in [1.807, 2.05) is 54.6 Å². The minimum Gasteiger partial charge on any atom is -0.488 e. The summed E-state index contributed by atoms with van der Waals surface area (Å²) in [6.45, 7) is 0.292. The molecule has 136 valence electrons. The van der Waals surface area contributed by atoms with Gasteiger partial charge < -0.3 is 4.74 Å². The summed E-state index contributed by atoms with van der Waals surface area (Å²) in [4.78, 5) is 0. The van der Waals surface area contributed by atoms with Gasteiger partial charge >= 0.3 is 0 Å². The van der Waals surface area contributed by atoms with Crippen LogP contribution < -0.4 is 4.74 Å². The molecule has 0 bridgehead atoms. The molecule has 0 aliphatic rings. The fourth-order valence-corrected chi connectivity index (χ4v) is 3.40. The molecule has 0 aliphatic heterocycles. The van der Waals surface area contributed by atoms with Gasteiger partial charge in [0.15, 0.2) is 0 Å². The standard InChI is InChI=1S/C23H14BrClN2O/c24-21-12-16(11-19(14-27)20-7-3-4-8-22(20)25)9-10-23(21)28-15-18-6-2-1-5-17(18)13-26/h1-12H,15H2. The van der Waals surface area contributed by atoms with Crippen LogP contribution in [-0.2, 0) is 6.61 Å². The van der Waals surface area contributed by atoms with Gasteiger partial charge in [-0.1, -0.05) is 54.1 Å². The van der Waals surface area contributed by atoms with Crippen molar-refractivity contribution in [1.82, 2.24) is 0 Å². The summed E-state index contributed by atoms with van der Waals surface area (Å²) in [5, 5.41) is 19.2. The number of benzene rings is 3. The van der Waals surface area contributed by atoms with Crippen LogP contribution in [0.5, 0.6) is 5.75 Å². The fraction of sp³-hybridized carbons (Fsp3) is 0.0435. The maximum atomic E-state index is 9.51. The number of hydrogen-bond acceptors (Lipinski definition) is 3. The summed E-state index contributed by atoms with van der Waals surface area (Å²) in [6, 6.07) is 24.5. The Balaban J connectivity index is 1.82. The van der Waals surface area contributed by atoms with E-state index < -0.39 is 0 Å². The van der Waals surface area contributed by atoms with Crippen LogP contribution in [0.25, 0.3) is 11.6 Å². The van der Waals surface area contributed by atoms with Crippen molar-refractivity contribution in [3.05, 3.63) is 98.5 Å². The highest BCUT2D eigenvalue weighted by Crippen LogP contribution is 2.30. The zero-order valence-corrected chi connectivity index (χ0v) is 17.0. The van der Waals surface area contributed by atoms with Gasteiger partial charge in [0, 0.05) is 16.1 Å². The first-order valence-corrected chi connectivity index (χ1v) is 9.56. The molecule has 3 rings (SSSR count). The number of allylic oxidation sites excluding steroid dienone is 1.